The van der Waals surface area contributed by atoms with Crippen molar-refractivity contribution in [2.75, 3.05) is 26.2 Å². The summed E-state index contributed by atoms with van der Waals surface area (Å²) in [7, 11) is 0. The second-order valence-corrected chi connectivity index (χ2v) is 25.1. The average Bonchev–Trinajstić information content (AvgIpc) is 1.97. The number of nitrogens with two attached hydrogens (primary N) is 4. The Balaban J connectivity index is 2.24. The zero-order valence-corrected chi connectivity index (χ0v) is 53.8. The third-order valence-electron chi connectivity index (χ3n) is 15.0. The van der Waals surface area contributed by atoms with Gasteiger partial charge in [0.05, 0.1) is 12.6 Å². The van der Waals surface area contributed by atoms with Gasteiger partial charge in [-0.15, -0.1) is 0 Å². The highest BCUT2D eigenvalue weighted by Gasteiger charge is 2.42. The predicted octanol–water partition coefficient (Wildman–Crippen LogP) is -3.45. The second-order valence-electron chi connectivity index (χ2n) is 25.1. The standard InChI is InChI=1S/C58H102N16O15/c1-28(2)24-37(68-54(85)46(32(9)10)72-49(80)35(16-13-21-63-58(61)62)67-52(83)44(60)34(12)75)50(81)66-36(19-20-42(59)76)48(79)64-27-43(77)71-45(31(7)8)53(84)70-39(26-30(5)6)55(86)73-22-14-17-40(73)51(82)65-33(11)47(78)69-38(25-29(3)4)56(87)74-23-15-18-41(74)57(88)89/h28-41,44-46,75H,13-27,60H2,1-12H3,(H2,59,76)(H,64,79)(H,65,82)(H,66,81)(H,67,83)(H,68,85)(H,69,78)(H,70,84)(H,71,77)(H,72,80)(H,88,89)(H4,61,62,63)/t33-,34+,35-,36-,37-,38-,39-,40-,41-,44-,45-,46-/m0/s1. The van der Waals surface area contributed by atoms with E-state index in [4.69, 9.17) is 22.9 Å². The molecule has 19 N–H and O–H groups in total. The number of carboxylic acid groups (broad SMARTS) is 1. The van der Waals surface area contributed by atoms with Crippen molar-refractivity contribution in [2.45, 2.75) is 226 Å². The highest BCUT2D eigenvalue weighted by atomic mass is 16.4. The summed E-state index contributed by atoms with van der Waals surface area (Å²) in [5.41, 5.74) is 22.1. The Bertz CT molecular complexity index is 2510. The van der Waals surface area contributed by atoms with Crippen molar-refractivity contribution in [3.05, 3.63) is 0 Å². The third kappa shape index (κ3) is 26.1. The summed E-state index contributed by atoms with van der Waals surface area (Å²) < 4.78 is 0. The van der Waals surface area contributed by atoms with Crippen LogP contribution in [0.15, 0.2) is 4.99 Å². The fourth-order valence-electron chi connectivity index (χ4n) is 10.2. The molecule has 2 fully saturated rings. The van der Waals surface area contributed by atoms with E-state index in [1.165, 1.54) is 23.6 Å². The maximum absolute atomic E-state index is 14.4. The van der Waals surface area contributed by atoms with Crippen LogP contribution in [0.4, 0.5) is 0 Å². The number of guanidine groups is 1. The number of hydrogen-bond acceptors (Lipinski definition) is 16. The highest BCUT2D eigenvalue weighted by Crippen LogP contribution is 2.23. The minimum atomic E-state index is -1.50. The number of carbonyl (C=O) groups excluding carboxylic acids is 12. The van der Waals surface area contributed by atoms with Crippen LogP contribution in [0.5, 0.6) is 0 Å². The molecule has 2 rings (SSSR count). The van der Waals surface area contributed by atoms with Crippen LogP contribution >= 0.6 is 0 Å². The second kappa shape index (κ2) is 37.3. The Morgan fingerprint density at radius 2 is 0.955 bits per heavy atom. The summed E-state index contributed by atoms with van der Waals surface area (Å²) in [6, 6.07) is -13.5. The van der Waals surface area contributed by atoms with Crippen LogP contribution in [0.2, 0.25) is 0 Å². The minimum absolute atomic E-state index is 0.0115. The smallest absolute Gasteiger partial charge is 0.326 e. The van der Waals surface area contributed by atoms with Crippen LogP contribution in [-0.2, 0) is 62.3 Å². The number of aliphatic carboxylic acids is 1. The van der Waals surface area contributed by atoms with E-state index in [1.54, 1.807) is 41.5 Å². The quantitative estimate of drug-likeness (QED) is 0.0163. The van der Waals surface area contributed by atoms with Crippen molar-refractivity contribution in [3.63, 3.8) is 0 Å². The number of aliphatic hydroxyl groups excluding tert-OH is 1. The zero-order valence-electron chi connectivity index (χ0n) is 53.8. The molecular weight excluding hydrogens is 1160 g/mol. The van der Waals surface area contributed by atoms with Crippen molar-refractivity contribution in [2.24, 2.45) is 57.5 Å². The summed E-state index contributed by atoms with van der Waals surface area (Å²) in [5, 5.41) is 43.0. The van der Waals surface area contributed by atoms with Gasteiger partial charge in [0.1, 0.15) is 66.5 Å². The molecule has 12 amide bonds. The SMILES string of the molecule is CC(C)C[C@H](NC(=O)[C@@H](NC(=O)[C@H](CCCN=C(N)N)NC(=O)[C@@H](N)[C@@H](C)O)C(C)C)C(=O)N[C@@H](CCC(N)=O)C(=O)NCC(=O)N[C@H](C(=O)N[C@@H](CC(C)C)C(=O)N1CCC[C@H]1C(=O)N[C@@H](C)C(=O)N[C@@H](CC(C)C)C(=O)N1CCC[C@H]1C(=O)O)C(C)C. The summed E-state index contributed by atoms with van der Waals surface area (Å²) >= 11 is 0. The number of rotatable bonds is 37. The van der Waals surface area contributed by atoms with Crippen LogP contribution in [-0.4, -0.2) is 202 Å². The van der Waals surface area contributed by atoms with Crippen LogP contribution in [0, 0.1) is 29.6 Å². The molecule has 0 aliphatic carbocycles. The Labute approximate surface area is 521 Å². The molecule has 0 radical (unpaired) electrons. The number of hydrogen-bond donors (Lipinski definition) is 15. The van der Waals surface area contributed by atoms with E-state index in [0.717, 1.165) is 0 Å². The molecular formula is C58H102N16O15. The molecule has 0 bridgehead atoms. The molecule has 2 saturated heterocycles. The molecule has 0 aromatic rings. The molecule has 0 aromatic heterocycles. The van der Waals surface area contributed by atoms with Gasteiger partial charge in [0.25, 0.3) is 0 Å². The maximum atomic E-state index is 14.4. The largest absolute Gasteiger partial charge is 0.480 e. The number of nitrogens with zero attached hydrogens (tertiary/aromatic N) is 3. The number of amides is 12. The molecule has 0 aromatic carbocycles. The lowest BCUT2D eigenvalue weighted by molar-refractivity contribution is -0.149. The third-order valence-corrected chi connectivity index (χ3v) is 15.0. The topological polar surface area (TPSA) is 494 Å². The van der Waals surface area contributed by atoms with Crippen molar-refractivity contribution >= 4 is 82.8 Å². The molecule has 31 nitrogen and oxygen atoms in total. The fraction of sp³-hybridized carbons (Fsp3) is 0.759. The average molecular weight is 1260 g/mol. The van der Waals surface area contributed by atoms with Crippen molar-refractivity contribution < 1.29 is 72.5 Å². The number of primary amides is 1. The lowest BCUT2D eigenvalue weighted by atomic mass is 9.98. The first kappa shape index (κ1) is 77.4. The van der Waals surface area contributed by atoms with Crippen molar-refractivity contribution in [1.29, 1.82) is 0 Å². The minimum Gasteiger partial charge on any atom is -0.480 e. The van der Waals surface area contributed by atoms with E-state index in [1.807, 2.05) is 27.7 Å². The number of carbonyl (C=O) groups is 13. The molecule has 89 heavy (non-hydrogen) atoms. The molecule has 504 valence electrons. The highest BCUT2D eigenvalue weighted by molar-refractivity contribution is 5.99. The molecule has 31 heteroatoms. The van der Waals surface area contributed by atoms with Gasteiger partial charge in [0, 0.05) is 26.1 Å². The first-order valence-corrected chi connectivity index (χ1v) is 30.8. The van der Waals surface area contributed by atoms with Gasteiger partial charge in [-0.25, -0.2) is 4.79 Å². The van der Waals surface area contributed by atoms with Crippen LogP contribution in [0.3, 0.4) is 0 Å². The molecule has 0 unspecified atom stereocenters. The number of nitrogens with one attached hydrogen (secondary N) is 9. The van der Waals surface area contributed by atoms with E-state index < -0.39 is 174 Å². The molecule has 2 aliphatic heterocycles. The Morgan fingerprint density at radius 1 is 0.517 bits per heavy atom. The lowest BCUT2D eigenvalue weighted by Crippen LogP contribution is -2.60. The first-order chi connectivity index (χ1) is 41.5. The van der Waals surface area contributed by atoms with Gasteiger partial charge < -0.3 is 90.8 Å². The van der Waals surface area contributed by atoms with Crippen LogP contribution < -0.4 is 70.8 Å². The van der Waals surface area contributed by atoms with Gasteiger partial charge in [-0.1, -0.05) is 69.2 Å². The summed E-state index contributed by atoms with van der Waals surface area (Å²) in [5.74, 6) is -12.1. The summed E-state index contributed by atoms with van der Waals surface area (Å²) in [6.07, 6.45) is -0.0403. The van der Waals surface area contributed by atoms with E-state index in [2.05, 4.69) is 52.8 Å². The molecule has 12 atom stereocenters. The summed E-state index contributed by atoms with van der Waals surface area (Å²) in [6.45, 7) is 19.8. The Kier molecular flexibility index (Phi) is 32.5. The van der Waals surface area contributed by atoms with Gasteiger partial charge in [-0.2, -0.15) is 0 Å². The summed E-state index contributed by atoms with van der Waals surface area (Å²) in [4.78, 5) is 182. The Morgan fingerprint density at radius 3 is 1.44 bits per heavy atom. The molecule has 2 aliphatic rings. The Hall–Kier alpha value is -7.70. The zero-order chi connectivity index (χ0) is 67.7. The molecule has 2 heterocycles. The van der Waals surface area contributed by atoms with E-state index in [-0.39, 0.29) is 94.7 Å². The van der Waals surface area contributed by atoms with Crippen molar-refractivity contribution in [3.8, 4) is 0 Å². The number of aliphatic imine (C=N–C) groups is 1. The number of aliphatic hydroxyl groups is 1. The first-order valence-electron chi connectivity index (χ1n) is 30.8. The number of likely N-dealkylation sites (tertiary alicyclic amines) is 2. The van der Waals surface area contributed by atoms with Gasteiger partial charge in [-0.05, 0) is 108 Å². The normalized spacial score (nSPS) is 18.2. The number of carboxylic acids is 1. The van der Waals surface area contributed by atoms with Gasteiger partial charge in [-0.3, -0.25) is 62.5 Å². The monoisotopic (exact) mass is 1260 g/mol. The predicted molar refractivity (Wildman–Crippen MR) is 327 cm³/mol. The van der Waals surface area contributed by atoms with Gasteiger partial charge in [0.2, 0.25) is 70.9 Å². The maximum Gasteiger partial charge on any atom is 0.326 e. The fourth-order valence-corrected chi connectivity index (χ4v) is 10.2. The van der Waals surface area contributed by atoms with Gasteiger partial charge >= 0.3 is 5.97 Å². The van der Waals surface area contributed by atoms with Crippen molar-refractivity contribution in [1.82, 2.24) is 57.7 Å². The molecule has 0 saturated carbocycles. The lowest BCUT2D eigenvalue weighted by Gasteiger charge is -2.32. The van der Waals surface area contributed by atoms with E-state index >= 15 is 0 Å². The van der Waals surface area contributed by atoms with Crippen LogP contribution in [0.25, 0.3) is 0 Å². The van der Waals surface area contributed by atoms with E-state index in [9.17, 15) is 72.5 Å². The van der Waals surface area contributed by atoms with Gasteiger partial charge in [0.15, 0.2) is 5.96 Å². The van der Waals surface area contributed by atoms with Crippen LogP contribution in [0.1, 0.15) is 154 Å². The van der Waals surface area contributed by atoms with E-state index in [0.29, 0.717) is 12.8 Å². The molecule has 0 spiro atoms.